The van der Waals surface area contributed by atoms with Gasteiger partial charge in [0.1, 0.15) is 4.90 Å². The van der Waals surface area contributed by atoms with E-state index in [9.17, 15) is 8.42 Å². The van der Waals surface area contributed by atoms with Gasteiger partial charge in [0.15, 0.2) is 0 Å². The van der Waals surface area contributed by atoms with Gasteiger partial charge in [-0.1, -0.05) is 0 Å². The van der Waals surface area contributed by atoms with Crippen molar-refractivity contribution in [3.05, 3.63) is 24.7 Å². The van der Waals surface area contributed by atoms with Crippen molar-refractivity contribution in [3.63, 3.8) is 0 Å². The van der Waals surface area contributed by atoms with Crippen LogP contribution >= 0.6 is 0 Å². The van der Waals surface area contributed by atoms with Crippen molar-refractivity contribution in [3.8, 4) is 5.88 Å². The molecule has 1 aliphatic heterocycles. The molecule has 124 valence electrons. The highest BCUT2D eigenvalue weighted by molar-refractivity contribution is 7.92. The monoisotopic (exact) mass is 339 g/mol. The molecule has 3 rings (SSSR count). The van der Waals surface area contributed by atoms with Gasteiger partial charge in [0.25, 0.3) is 10.0 Å². The van der Waals surface area contributed by atoms with E-state index in [-0.39, 0.29) is 22.8 Å². The van der Waals surface area contributed by atoms with Gasteiger partial charge in [-0.05, 0) is 6.42 Å². The number of methoxy groups -OCH3 is 1. The highest BCUT2D eigenvalue weighted by atomic mass is 32.2. The lowest BCUT2D eigenvalue weighted by Crippen LogP contribution is -2.28. The first-order chi connectivity index (χ1) is 11.0. The topological polar surface area (TPSA) is 99.4 Å². The van der Waals surface area contributed by atoms with E-state index >= 15 is 0 Å². The number of rotatable bonds is 5. The van der Waals surface area contributed by atoms with Crippen LogP contribution in [0.3, 0.4) is 0 Å². The molecule has 0 N–H and O–H groups in total. The van der Waals surface area contributed by atoms with E-state index in [0.29, 0.717) is 13.2 Å². The number of hydrogen-bond donors (Lipinski definition) is 0. The number of anilines is 1. The Labute approximate surface area is 133 Å². The first-order valence-electron chi connectivity index (χ1n) is 7.00. The molecular formula is C13H17N5O4S. The summed E-state index contributed by atoms with van der Waals surface area (Å²) in [5, 5.41) is 4.14. The van der Waals surface area contributed by atoms with Crippen LogP contribution in [-0.2, 0) is 14.8 Å². The van der Waals surface area contributed by atoms with E-state index in [1.54, 1.807) is 10.7 Å². The molecule has 0 spiro atoms. The molecule has 9 nitrogen and oxygen atoms in total. The third-order valence-corrected chi connectivity index (χ3v) is 5.31. The van der Waals surface area contributed by atoms with Crippen LogP contribution in [0, 0.1) is 0 Å². The quantitative estimate of drug-likeness (QED) is 0.780. The Hall–Kier alpha value is -2.20. The highest BCUT2D eigenvalue weighted by Crippen LogP contribution is 2.23. The molecule has 3 heterocycles. The van der Waals surface area contributed by atoms with Gasteiger partial charge in [0.2, 0.25) is 11.8 Å². The fourth-order valence-corrected chi connectivity index (χ4v) is 3.29. The molecule has 0 aliphatic carbocycles. The summed E-state index contributed by atoms with van der Waals surface area (Å²) < 4.78 is 38.3. The molecule has 23 heavy (non-hydrogen) atoms. The molecule has 0 aromatic carbocycles. The molecule has 0 radical (unpaired) electrons. The molecule has 0 saturated carbocycles. The minimum absolute atomic E-state index is 0.0290. The highest BCUT2D eigenvalue weighted by Gasteiger charge is 2.27. The molecule has 10 heteroatoms. The van der Waals surface area contributed by atoms with E-state index in [0.717, 1.165) is 10.7 Å². The maximum atomic E-state index is 12.7. The predicted molar refractivity (Wildman–Crippen MR) is 80.9 cm³/mol. The van der Waals surface area contributed by atoms with E-state index < -0.39 is 10.0 Å². The van der Waals surface area contributed by atoms with Gasteiger partial charge in [-0.2, -0.15) is 10.1 Å². The summed E-state index contributed by atoms with van der Waals surface area (Å²) in [6.07, 6.45) is 5.08. The van der Waals surface area contributed by atoms with Gasteiger partial charge in [0, 0.05) is 32.1 Å². The average Bonchev–Trinajstić information content (AvgIpc) is 3.25. The van der Waals surface area contributed by atoms with E-state index in [1.165, 1.54) is 32.7 Å². The summed E-state index contributed by atoms with van der Waals surface area (Å²) in [4.78, 5) is 8.09. The van der Waals surface area contributed by atoms with Gasteiger partial charge in [-0.25, -0.2) is 17.7 Å². The van der Waals surface area contributed by atoms with E-state index in [4.69, 9.17) is 9.47 Å². The summed E-state index contributed by atoms with van der Waals surface area (Å²) in [5.41, 5.74) is 0. The smallest absolute Gasteiger partial charge is 0.269 e. The van der Waals surface area contributed by atoms with Crippen LogP contribution in [0.2, 0.25) is 0 Å². The normalized spacial score (nSPS) is 18.1. The summed E-state index contributed by atoms with van der Waals surface area (Å²) in [6, 6.07) is 1.61. The van der Waals surface area contributed by atoms with E-state index in [1.807, 2.05) is 0 Å². The van der Waals surface area contributed by atoms with Gasteiger partial charge in [0.05, 0.1) is 26.0 Å². The molecule has 2 aromatic heterocycles. The Morgan fingerprint density at radius 3 is 3.00 bits per heavy atom. The zero-order valence-corrected chi connectivity index (χ0v) is 13.6. The third-order valence-electron chi connectivity index (χ3n) is 3.62. The minimum atomic E-state index is -3.80. The summed E-state index contributed by atoms with van der Waals surface area (Å²) in [6.45, 7) is 1.19. The fraction of sp³-hybridized carbons (Fsp3) is 0.462. The van der Waals surface area contributed by atoms with Crippen molar-refractivity contribution in [2.75, 3.05) is 31.7 Å². The Kier molecular flexibility index (Phi) is 4.18. The molecule has 0 amide bonds. The molecule has 2 aromatic rings. The molecule has 1 atom stereocenters. The molecular weight excluding hydrogens is 322 g/mol. The van der Waals surface area contributed by atoms with Crippen LogP contribution < -0.4 is 9.04 Å². The Bertz CT molecular complexity index is 785. The zero-order valence-electron chi connectivity index (χ0n) is 12.8. The summed E-state index contributed by atoms with van der Waals surface area (Å²) >= 11 is 0. The van der Waals surface area contributed by atoms with Gasteiger partial charge < -0.3 is 9.47 Å². The zero-order chi connectivity index (χ0) is 16.4. The van der Waals surface area contributed by atoms with Crippen LogP contribution in [-0.4, -0.2) is 55.5 Å². The Morgan fingerprint density at radius 1 is 1.48 bits per heavy atom. The molecule has 1 unspecified atom stereocenters. The largest absolute Gasteiger partial charge is 0.481 e. The SMILES string of the molecule is COc1ccnc(N(C)S(=O)(=O)c2cnn(C3CCOC3)c2)n1. The lowest BCUT2D eigenvalue weighted by Gasteiger charge is -2.16. The first kappa shape index (κ1) is 15.7. The maximum Gasteiger partial charge on any atom is 0.269 e. The second-order valence-corrected chi connectivity index (χ2v) is 7.01. The van der Waals surface area contributed by atoms with Gasteiger partial charge in [-0.3, -0.25) is 4.68 Å². The van der Waals surface area contributed by atoms with Crippen LogP contribution in [0.25, 0.3) is 0 Å². The number of aromatic nitrogens is 4. The lowest BCUT2D eigenvalue weighted by atomic mass is 10.3. The number of sulfonamides is 1. The Morgan fingerprint density at radius 2 is 2.30 bits per heavy atom. The third kappa shape index (κ3) is 2.99. The lowest BCUT2D eigenvalue weighted by molar-refractivity contribution is 0.184. The van der Waals surface area contributed by atoms with Crippen molar-refractivity contribution in [1.29, 1.82) is 0 Å². The summed E-state index contributed by atoms with van der Waals surface area (Å²) in [7, 11) is -0.955. The number of nitrogens with zero attached hydrogens (tertiary/aromatic N) is 5. The van der Waals surface area contributed by atoms with Crippen molar-refractivity contribution in [2.24, 2.45) is 0 Å². The standard InChI is InChI=1S/C13H17N5O4S/c1-17(13-14-5-3-12(16-13)21-2)23(19,20)11-7-15-18(8-11)10-4-6-22-9-10/h3,5,7-8,10H,4,6,9H2,1-2H3. The van der Waals surface area contributed by atoms with Crippen molar-refractivity contribution in [1.82, 2.24) is 19.7 Å². The fourth-order valence-electron chi connectivity index (χ4n) is 2.25. The van der Waals surface area contributed by atoms with Crippen LogP contribution in [0.1, 0.15) is 12.5 Å². The second-order valence-electron chi connectivity index (χ2n) is 5.04. The maximum absolute atomic E-state index is 12.7. The summed E-state index contributed by atoms with van der Waals surface area (Å²) in [5.74, 6) is 0.317. The van der Waals surface area contributed by atoms with Crippen LogP contribution in [0.4, 0.5) is 5.95 Å². The Balaban J connectivity index is 1.88. The molecule has 1 aliphatic rings. The molecule has 0 bridgehead atoms. The number of ether oxygens (including phenoxy) is 2. The van der Waals surface area contributed by atoms with Crippen LogP contribution in [0.15, 0.2) is 29.6 Å². The second kappa shape index (κ2) is 6.13. The predicted octanol–water partition coefficient (Wildman–Crippen LogP) is 0.468. The first-order valence-corrected chi connectivity index (χ1v) is 8.44. The van der Waals surface area contributed by atoms with Gasteiger partial charge in [-0.15, -0.1) is 0 Å². The van der Waals surface area contributed by atoms with Crippen molar-refractivity contribution >= 4 is 16.0 Å². The molecule has 1 saturated heterocycles. The van der Waals surface area contributed by atoms with Crippen molar-refractivity contribution in [2.45, 2.75) is 17.4 Å². The molecule has 1 fully saturated rings. The van der Waals surface area contributed by atoms with Crippen LogP contribution in [0.5, 0.6) is 5.88 Å². The van der Waals surface area contributed by atoms with Crippen molar-refractivity contribution < 1.29 is 17.9 Å². The van der Waals surface area contributed by atoms with E-state index in [2.05, 4.69) is 15.1 Å². The minimum Gasteiger partial charge on any atom is -0.481 e. The van der Waals surface area contributed by atoms with Gasteiger partial charge >= 0.3 is 0 Å². The number of hydrogen-bond acceptors (Lipinski definition) is 7. The average molecular weight is 339 g/mol.